The summed E-state index contributed by atoms with van der Waals surface area (Å²) in [7, 11) is 1.75. The van der Waals surface area contributed by atoms with E-state index in [9.17, 15) is 0 Å². The summed E-state index contributed by atoms with van der Waals surface area (Å²) in [4.78, 5) is 2.53. The molecule has 17 heavy (non-hydrogen) atoms. The zero-order valence-electron chi connectivity index (χ0n) is 9.80. The van der Waals surface area contributed by atoms with Gasteiger partial charge >= 0.3 is 0 Å². The third-order valence-electron chi connectivity index (χ3n) is 3.04. The van der Waals surface area contributed by atoms with Crippen molar-refractivity contribution in [1.82, 2.24) is 10.2 Å². The first-order chi connectivity index (χ1) is 8.22. The molecule has 0 aliphatic carbocycles. The highest BCUT2D eigenvalue weighted by molar-refractivity contribution is 7.80. The highest BCUT2D eigenvalue weighted by Crippen LogP contribution is 2.21. The third-order valence-corrected chi connectivity index (χ3v) is 3.26. The molecule has 1 aromatic heterocycles. The van der Waals surface area contributed by atoms with Crippen LogP contribution in [0.1, 0.15) is 18.4 Å². The zero-order chi connectivity index (χ0) is 12.3. The van der Waals surface area contributed by atoms with Gasteiger partial charge in [0.2, 0.25) is 0 Å². The molecule has 0 saturated carbocycles. The van der Waals surface area contributed by atoms with Crippen LogP contribution >= 0.6 is 12.2 Å². The summed E-state index contributed by atoms with van der Waals surface area (Å²) < 4.78 is 5.34. The summed E-state index contributed by atoms with van der Waals surface area (Å²) in [5.41, 5.74) is 6.48. The van der Waals surface area contributed by atoms with Crippen molar-refractivity contribution in [1.29, 1.82) is 0 Å². The number of nitrogens with two attached hydrogens (primary N) is 1. The average Bonchev–Trinajstić information content (AvgIpc) is 2.39. The van der Waals surface area contributed by atoms with E-state index in [0.29, 0.717) is 11.1 Å². The van der Waals surface area contributed by atoms with Gasteiger partial charge in [-0.1, -0.05) is 12.2 Å². The minimum atomic E-state index is 0.344. The molecule has 2 heterocycles. The Morgan fingerprint density at radius 2 is 2.24 bits per heavy atom. The third kappa shape index (κ3) is 2.70. The van der Waals surface area contributed by atoms with Crippen molar-refractivity contribution < 1.29 is 4.74 Å². The molecule has 0 spiro atoms. The van der Waals surface area contributed by atoms with Crippen LogP contribution in [-0.4, -0.2) is 41.5 Å². The van der Waals surface area contributed by atoms with Crippen LogP contribution in [0.25, 0.3) is 0 Å². The van der Waals surface area contributed by atoms with Crippen molar-refractivity contribution in [3.05, 3.63) is 17.8 Å². The van der Waals surface area contributed by atoms with E-state index in [0.717, 1.165) is 37.3 Å². The van der Waals surface area contributed by atoms with E-state index >= 15 is 0 Å². The van der Waals surface area contributed by atoms with E-state index in [4.69, 9.17) is 22.7 Å². The largest absolute Gasteiger partial charge is 0.389 e. The number of anilines is 1. The maximum absolute atomic E-state index is 5.69. The normalized spacial score (nSPS) is 17.1. The smallest absolute Gasteiger partial charge is 0.161 e. The second kappa shape index (κ2) is 5.37. The summed E-state index contributed by atoms with van der Waals surface area (Å²) in [6.07, 6.45) is 3.93. The molecule has 0 bridgehead atoms. The molecule has 1 aliphatic rings. The maximum atomic E-state index is 5.69. The highest BCUT2D eigenvalue weighted by Gasteiger charge is 2.22. The molecule has 0 radical (unpaired) electrons. The molecule has 1 fully saturated rings. The second-order valence-corrected chi connectivity index (χ2v) is 4.49. The van der Waals surface area contributed by atoms with Gasteiger partial charge in [0.05, 0.1) is 17.9 Å². The maximum Gasteiger partial charge on any atom is 0.161 e. The minimum absolute atomic E-state index is 0.344. The molecule has 92 valence electrons. The molecule has 2 rings (SSSR count). The fourth-order valence-corrected chi connectivity index (χ4v) is 2.21. The summed E-state index contributed by atoms with van der Waals surface area (Å²) in [6.45, 7) is 1.79. The lowest BCUT2D eigenvalue weighted by molar-refractivity contribution is 0.0817. The standard InChI is InChI=1S/C11H16N4OS/c1-16-8-3-6-15(7-4-8)11-9(10(12)17)2-5-13-14-11/h2,5,8H,3-4,6-7H2,1H3,(H2,12,17). The molecule has 5 nitrogen and oxygen atoms in total. The summed E-state index contributed by atoms with van der Waals surface area (Å²) in [5, 5.41) is 8.05. The van der Waals surface area contributed by atoms with E-state index in [1.54, 1.807) is 13.3 Å². The summed E-state index contributed by atoms with van der Waals surface area (Å²) in [6, 6.07) is 1.81. The Kier molecular flexibility index (Phi) is 3.86. The van der Waals surface area contributed by atoms with Crippen molar-refractivity contribution in [2.45, 2.75) is 18.9 Å². The molecule has 2 N–H and O–H groups in total. The van der Waals surface area contributed by atoms with Crippen LogP contribution in [-0.2, 0) is 4.74 Å². The molecule has 0 unspecified atom stereocenters. The summed E-state index contributed by atoms with van der Waals surface area (Å²) >= 11 is 5.02. The van der Waals surface area contributed by atoms with Crippen molar-refractivity contribution >= 4 is 23.0 Å². The molecule has 0 aromatic carbocycles. The number of thiocarbonyl (C=S) groups is 1. The van der Waals surface area contributed by atoms with Crippen molar-refractivity contribution in [3.63, 3.8) is 0 Å². The molecule has 0 atom stereocenters. The molecule has 0 amide bonds. The Bertz CT molecular complexity index is 404. The van der Waals surface area contributed by atoms with E-state index in [1.165, 1.54) is 0 Å². The van der Waals surface area contributed by atoms with Gasteiger partial charge in [-0.05, 0) is 18.9 Å². The predicted molar refractivity (Wildman–Crippen MR) is 70.2 cm³/mol. The molecule has 1 aliphatic heterocycles. The Labute approximate surface area is 106 Å². The van der Waals surface area contributed by atoms with Crippen LogP contribution in [0.2, 0.25) is 0 Å². The minimum Gasteiger partial charge on any atom is -0.389 e. The number of hydrogen-bond acceptors (Lipinski definition) is 5. The molecule has 1 saturated heterocycles. The lowest BCUT2D eigenvalue weighted by Gasteiger charge is -2.32. The van der Waals surface area contributed by atoms with Gasteiger partial charge in [-0.15, -0.1) is 5.10 Å². The Morgan fingerprint density at radius 1 is 1.53 bits per heavy atom. The van der Waals surface area contributed by atoms with E-state index in [-0.39, 0.29) is 0 Å². The fourth-order valence-electron chi connectivity index (χ4n) is 2.05. The monoisotopic (exact) mass is 252 g/mol. The first kappa shape index (κ1) is 12.2. The summed E-state index contributed by atoms with van der Waals surface area (Å²) in [5.74, 6) is 0.787. The quantitative estimate of drug-likeness (QED) is 0.800. The SMILES string of the molecule is COC1CCN(c2nnccc2C(N)=S)CC1. The van der Waals surface area contributed by atoms with Crippen molar-refractivity contribution in [2.24, 2.45) is 5.73 Å². The number of hydrogen-bond donors (Lipinski definition) is 1. The van der Waals surface area contributed by atoms with Gasteiger partial charge in [0.25, 0.3) is 0 Å². The van der Waals surface area contributed by atoms with Gasteiger partial charge in [0, 0.05) is 20.2 Å². The first-order valence-electron chi connectivity index (χ1n) is 5.61. The number of methoxy groups -OCH3 is 1. The molecule has 6 heteroatoms. The zero-order valence-corrected chi connectivity index (χ0v) is 10.6. The van der Waals surface area contributed by atoms with Gasteiger partial charge in [-0.3, -0.25) is 0 Å². The number of nitrogens with zero attached hydrogens (tertiary/aromatic N) is 3. The second-order valence-electron chi connectivity index (χ2n) is 4.05. The average molecular weight is 252 g/mol. The number of piperidine rings is 1. The van der Waals surface area contributed by atoms with Crippen LogP contribution < -0.4 is 10.6 Å². The van der Waals surface area contributed by atoms with E-state index in [2.05, 4.69) is 15.1 Å². The Balaban J connectivity index is 2.15. The first-order valence-corrected chi connectivity index (χ1v) is 6.02. The van der Waals surface area contributed by atoms with Gasteiger partial charge in [0.1, 0.15) is 4.99 Å². The molecular formula is C11H16N4OS. The highest BCUT2D eigenvalue weighted by atomic mass is 32.1. The topological polar surface area (TPSA) is 64.3 Å². The Hall–Kier alpha value is -1.27. The van der Waals surface area contributed by atoms with Crippen LogP contribution in [0.3, 0.4) is 0 Å². The number of ether oxygens (including phenoxy) is 1. The van der Waals surface area contributed by atoms with Crippen molar-refractivity contribution in [2.75, 3.05) is 25.1 Å². The van der Waals surface area contributed by atoms with Crippen LogP contribution in [0.5, 0.6) is 0 Å². The number of aromatic nitrogens is 2. The Morgan fingerprint density at radius 3 is 2.82 bits per heavy atom. The van der Waals surface area contributed by atoms with Gasteiger partial charge in [-0.25, -0.2) is 0 Å². The molecule has 1 aromatic rings. The fraction of sp³-hybridized carbons (Fsp3) is 0.545. The number of rotatable bonds is 3. The van der Waals surface area contributed by atoms with Gasteiger partial charge < -0.3 is 15.4 Å². The van der Waals surface area contributed by atoms with Crippen molar-refractivity contribution in [3.8, 4) is 0 Å². The molecular weight excluding hydrogens is 236 g/mol. The van der Waals surface area contributed by atoms with Crippen LogP contribution in [0, 0.1) is 0 Å². The van der Waals surface area contributed by atoms with E-state index < -0.39 is 0 Å². The van der Waals surface area contributed by atoms with Gasteiger partial charge in [0.15, 0.2) is 5.82 Å². The lowest BCUT2D eigenvalue weighted by Crippen LogP contribution is -2.38. The lowest BCUT2D eigenvalue weighted by atomic mass is 10.1. The van der Waals surface area contributed by atoms with Crippen LogP contribution in [0.4, 0.5) is 5.82 Å². The van der Waals surface area contributed by atoms with Crippen LogP contribution in [0.15, 0.2) is 12.3 Å². The van der Waals surface area contributed by atoms with Gasteiger partial charge in [-0.2, -0.15) is 5.10 Å². The van der Waals surface area contributed by atoms with E-state index in [1.807, 2.05) is 6.07 Å². The predicted octanol–water partition coefficient (Wildman–Crippen LogP) is 0.726.